The van der Waals surface area contributed by atoms with E-state index in [1.54, 1.807) is 22.8 Å². The highest BCUT2D eigenvalue weighted by Crippen LogP contribution is 2.22. The second-order valence-electron chi connectivity index (χ2n) is 6.32. The predicted octanol–water partition coefficient (Wildman–Crippen LogP) is 3.62. The fourth-order valence-corrected chi connectivity index (χ4v) is 2.99. The summed E-state index contributed by atoms with van der Waals surface area (Å²) in [6.45, 7) is 1.87. The van der Waals surface area contributed by atoms with Crippen molar-refractivity contribution >= 4 is 17.3 Å². The standard InChI is InChI=1S/C21H19FN4O/c1-14-5-4-6-15(9-14)10-20-18(24)11-16(12-23)26(20)13-21(27)25-19-8-3-2-7-17(19)22/h2-9,11H,10,13,24H2,1H3,(H,25,27). The van der Waals surface area contributed by atoms with E-state index in [-0.39, 0.29) is 12.2 Å². The number of carbonyl (C=O) groups excluding carboxylic acids is 1. The van der Waals surface area contributed by atoms with Gasteiger partial charge in [0.15, 0.2) is 0 Å². The molecule has 3 N–H and O–H groups in total. The molecule has 0 bridgehead atoms. The molecule has 0 saturated carbocycles. The number of nitrogens with two attached hydrogens (primary N) is 1. The van der Waals surface area contributed by atoms with Crippen LogP contribution in [0, 0.1) is 24.1 Å². The number of anilines is 2. The highest BCUT2D eigenvalue weighted by atomic mass is 19.1. The van der Waals surface area contributed by atoms with Crippen molar-refractivity contribution < 1.29 is 9.18 Å². The second kappa shape index (κ2) is 7.75. The molecule has 0 atom stereocenters. The van der Waals surface area contributed by atoms with Crippen LogP contribution < -0.4 is 11.1 Å². The number of nitrogen functional groups attached to an aromatic ring is 1. The first-order valence-electron chi connectivity index (χ1n) is 8.46. The Morgan fingerprint density at radius 3 is 2.70 bits per heavy atom. The van der Waals surface area contributed by atoms with Gasteiger partial charge in [0.05, 0.1) is 11.4 Å². The zero-order valence-corrected chi connectivity index (χ0v) is 14.9. The number of rotatable bonds is 5. The minimum atomic E-state index is -0.515. The molecule has 0 aliphatic carbocycles. The van der Waals surface area contributed by atoms with Gasteiger partial charge >= 0.3 is 0 Å². The van der Waals surface area contributed by atoms with E-state index in [2.05, 4.69) is 11.4 Å². The molecule has 136 valence electrons. The number of hydrogen-bond donors (Lipinski definition) is 2. The van der Waals surface area contributed by atoms with Gasteiger partial charge in [-0.2, -0.15) is 5.26 Å². The summed E-state index contributed by atoms with van der Waals surface area (Å²) in [5.41, 5.74) is 9.75. The Kier molecular flexibility index (Phi) is 5.23. The molecule has 0 unspecified atom stereocenters. The lowest BCUT2D eigenvalue weighted by atomic mass is 10.1. The van der Waals surface area contributed by atoms with E-state index in [9.17, 15) is 14.4 Å². The lowest BCUT2D eigenvalue weighted by Gasteiger charge is -2.12. The van der Waals surface area contributed by atoms with Crippen molar-refractivity contribution in [3.05, 3.63) is 82.9 Å². The maximum absolute atomic E-state index is 13.7. The first-order valence-corrected chi connectivity index (χ1v) is 8.46. The Hall–Kier alpha value is -3.59. The summed E-state index contributed by atoms with van der Waals surface area (Å²) in [5.74, 6) is -0.948. The molecule has 0 saturated heterocycles. The van der Waals surface area contributed by atoms with Crippen LogP contribution in [-0.2, 0) is 17.8 Å². The van der Waals surface area contributed by atoms with Gasteiger partial charge in [0.25, 0.3) is 0 Å². The Balaban J connectivity index is 1.87. The molecule has 0 aliphatic heterocycles. The molecular formula is C21H19FN4O. The van der Waals surface area contributed by atoms with E-state index in [1.807, 2.05) is 31.2 Å². The van der Waals surface area contributed by atoms with Crippen LogP contribution in [0.3, 0.4) is 0 Å². The van der Waals surface area contributed by atoms with Gasteiger partial charge in [-0.15, -0.1) is 0 Å². The number of hydrogen-bond acceptors (Lipinski definition) is 3. The fraction of sp³-hybridized carbons (Fsp3) is 0.143. The summed E-state index contributed by atoms with van der Waals surface area (Å²) in [4.78, 5) is 12.4. The van der Waals surface area contributed by atoms with Crippen molar-refractivity contribution in [1.29, 1.82) is 5.26 Å². The average molecular weight is 362 g/mol. The van der Waals surface area contributed by atoms with Crippen LogP contribution in [0.25, 0.3) is 0 Å². The molecule has 6 heteroatoms. The molecule has 0 spiro atoms. The molecular weight excluding hydrogens is 343 g/mol. The van der Waals surface area contributed by atoms with Gasteiger partial charge in [-0.05, 0) is 30.7 Å². The zero-order chi connectivity index (χ0) is 19.4. The lowest BCUT2D eigenvalue weighted by Crippen LogP contribution is -2.21. The van der Waals surface area contributed by atoms with E-state index < -0.39 is 11.7 Å². The quantitative estimate of drug-likeness (QED) is 0.727. The maximum Gasteiger partial charge on any atom is 0.244 e. The highest BCUT2D eigenvalue weighted by molar-refractivity contribution is 5.91. The third kappa shape index (κ3) is 4.15. The summed E-state index contributed by atoms with van der Waals surface area (Å²) in [6, 6.07) is 17.5. The van der Waals surface area contributed by atoms with Gasteiger partial charge in [0, 0.05) is 12.1 Å². The smallest absolute Gasteiger partial charge is 0.244 e. The summed E-state index contributed by atoms with van der Waals surface area (Å²) in [6.07, 6.45) is 0.488. The van der Waals surface area contributed by atoms with Crippen LogP contribution in [0.2, 0.25) is 0 Å². The number of nitriles is 1. The maximum atomic E-state index is 13.7. The van der Waals surface area contributed by atoms with Crippen LogP contribution in [0.15, 0.2) is 54.6 Å². The molecule has 3 rings (SSSR count). The Labute approximate surface area is 156 Å². The van der Waals surface area contributed by atoms with E-state index in [4.69, 9.17) is 5.73 Å². The minimum absolute atomic E-state index is 0.0985. The Morgan fingerprint density at radius 1 is 1.22 bits per heavy atom. The summed E-state index contributed by atoms with van der Waals surface area (Å²) in [7, 11) is 0. The second-order valence-corrected chi connectivity index (χ2v) is 6.32. The number of halogens is 1. The molecule has 1 amide bonds. The molecule has 0 fully saturated rings. The van der Waals surface area contributed by atoms with Gasteiger partial charge in [0.1, 0.15) is 24.1 Å². The van der Waals surface area contributed by atoms with Gasteiger partial charge in [-0.1, -0.05) is 42.0 Å². The van der Waals surface area contributed by atoms with Gasteiger partial charge in [-0.25, -0.2) is 4.39 Å². The van der Waals surface area contributed by atoms with Crippen molar-refractivity contribution in [2.24, 2.45) is 0 Å². The third-order valence-electron chi connectivity index (χ3n) is 4.26. The van der Waals surface area contributed by atoms with E-state index in [0.717, 1.165) is 11.1 Å². The number of nitrogens with one attached hydrogen (secondary N) is 1. The Morgan fingerprint density at radius 2 is 2.00 bits per heavy atom. The van der Waals surface area contributed by atoms with Crippen molar-refractivity contribution in [2.45, 2.75) is 19.9 Å². The topological polar surface area (TPSA) is 83.8 Å². The predicted molar refractivity (Wildman–Crippen MR) is 103 cm³/mol. The van der Waals surface area contributed by atoms with Crippen LogP contribution in [0.5, 0.6) is 0 Å². The normalized spacial score (nSPS) is 10.4. The number of amides is 1. The monoisotopic (exact) mass is 362 g/mol. The molecule has 1 aromatic heterocycles. The van der Waals surface area contributed by atoms with Crippen molar-refractivity contribution in [2.75, 3.05) is 11.1 Å². The first-order chi connectivity index (χ1) is 13.0. The molecule has 5 nitrogen and oxygen atoms in total. The summed E-state index contributed by atoms with van der Waals surface area (Å²) < 4.78 is 15.3. The van der Waals surface area contributed by atoms with Crippen molar-refractivity contribution in [1.82, 2.24) is 4.57 Å². The molecule has 27 heavy (non-hydrogen) atoms. The van der Waals surface area contributed by atoms with Crippen molar-refractivity contribution in [3.8, 4) is 6.07 Å². The van der Waals surface area contributed by atoms with E-state index in [1.165, 1.54) is 12.1 Å². The first kappa shape index (κ1) is 18.2. The van der Waals surface area contributed by atoms with Crippen molar-refractivity contribution in [3.63, 3.8) is 0 Å². The van der Waals surface area contributed by atoms with E-state index >= 15 is 0 Å². The number of benzene rings is 2. The Bertz CT molecular complexity index is 1030. The largest absolute Gasteiger partial charge is 0.397 e. The van der Waals surface area contributed by atoms with Crippen LogP contribution in [-0.4, -0.2) is 10.5 Å². The number of carbonyl (C=O) groups is 1. The number of nitrogens with zero attached hydrogens (tertiary/aromatic N) is 2. The van der Waals surface area contributed by atoms with E-state index in [0.29, 0.717) is 23.5 Å². The van der Waals surface area contributed by atoms with Crippen LogP contribution >= 0.6 is 0 Å². The molecule has 1 heterocycles. The average Bonchev–Trinajstić information content (AvgIpc) is 2.92. The summed E-state index contributed by atoms with van der Waals surface area (Å²) in [5, 5.41) is 11.9. The fourth-order valence-electron chi connectivity index (χ4n) is 2.99. The minimum Gasteiger partial charge on any atom is -0.397 e. The molecule has 2 aromatic carbocycles. The number of aromatic nitrogens is 1. The summed E-state index contributed by atoms with van der Waals surface area (Å²) >= 11 is 0. The van der Waals surface area contributed by atoms with Gasteiger partial charge < -0.3 is 15.6 Å². The SMILES string of the molecule is Cc1cccc(Cc2c(N)cc(C#N)n2CC(=O)Nc2ccccc2F)c1. The number of aryl methyl sites for hydroxylation is 1. The number of para-hydroxylation sites is 1. The lowest BCUT2D eigenvalue weighted by molar-refractivity contribution is -0.116. The van der Waals surface area contributed by atoms with Crippen LogP contribution in [0.4, 0.5) is 15.8 Å². The van der Waals surface area contributed by atoms with Crippen LogP contribution in [0.1, 0.15) is 22.5 Å². The molecule has 0 aliphatic rings. The zero-order valence-electron chi connectivity index (χ0n) is 14.9. The van der Waals surface area contributed by atoms with Gasteiger partial charge in [-0.3, -0.25) is 4.79 Å². The molecule has 0 radical (unpaired) electrons. The highest BCUT2D eigenvalue weighted by Gasteiger charge is 2.17. The van der Waals surface area contributed by atoms with Gasteiger partial charge in [0.2, 0.25) is 5.91 Å². The molecule has 3 aromatic rings. The third-order valence-corrected chi connectivity index (χ3v) is 4.26.